The molecular weight excluding hydrogens is 310 g/mol. The third-order valence-corrected chi connectivity index (χ3v) is 6.96. The van der Waals surface area contributed by atoms with E-state index in [0.29, 0.717) is 5.02 Å². The van der Waals surface area contributed by atoms with E-state index in [-0.39, 0.29) is 17.5 Å². The second-order valence-corrected chi connectivity index (χ2v) is 8.67. The van der Waals surface area contributed by atoms with Crippen molar-refractivity contribution in [2.24, 2.45) is 17.8 Å². The van der Waals surface area contributed by atoms with Crippen molar-refractivity contribution in [3.05, 3.63) is 16.4 Å². The molecule has 126 valence electrons. The normalized spacial score (nSPS) is 36.3. The molecule has 0 unspecified atom stereocenters. The number of aryl methyl sites for hydroxylation is 1. The van der Waals surface area contributed by atoms with Gasteiger partial charge in [0.1, 0.15) is 6.04 Å². The molecule has 5 heteroatoms. The molecule has 4 aliphatic carbocycles. The van der Waals surface area contributed by atoms with Crippen LogP contribution in [0.4, 0.5) is 0 Å². The predicted molar refractivity (Wildman–Crippen MR) is 90.5 cm³/mol. The van der Waals surface area contributed by atoms with Gasteiger partial charge in [-0.1, -0.05) is 11.6 Å². The molecule has 23 heavy (non-hydrogen) atoms. The van der Waals surface area contributed by atoms with Crippen LogP contribution in [0, 0.1) is 31.6 Å². The summed E-state index contributed by atoms with van der Waals surface area (Å²) in [5.74, 6) is 2.59. The van der Waals surface area contributed by atoms with E-state index >= 15 is 0 Å². The van der Waals surface area contributed by atoms with E-state index in [0.717, 1.165) is 29.1 Å². The maximum atomic E-state index is 12.9. The fourth-order valence-electron chi connectivity index (χ4n) is 5.76. The fraction of sp³-hybridized carbons (Fsp3) is 0.778. The second-order valence-electron chi connectivity index (χ2n) is 8.29. The minimum absolute atomic E-state index is 0.0555. The summed E-state index contributed by atoms with van der Waals surface area (Å²) in [6.45, 7) is 5.73. The van der Waals surface area contributed by atoms with E-state index < -0.39 is 0 Å². The summed E-state index contributed by atoms with van der Waals surface area (Å²) in [7, 11) is 0. The molecule has 4 fully saturated rings. The van der Waals surface area contributed by atoms with Crippen molar-refractivity contribution in [1.29, 1.82) is 0 Å². The van der Waals surface area contributed by atoms with E-state index in [1.165, 1.54) is 38.5 Å². The number of amides is 1. The Morgan fingerprint density at radius 1 is 1.22 bits per heavy atom. The zero-order chi connectivity index (χ0) is 16.4. The summed E-state index contributed by atoms with van der Waals surface area (Å²) >= 11 is 6.23. The smallest absolute Gasteiger partial charge is 0.245 e. The van der Waals surface area contributed by atoms with E-state index in [1.54, 1.807) is 4.68 Å². The molecule has 5 rings (SSSR count). The van der Waals surface area contributed by atoms with Gasteiger partial charge in [0.25, 0.3) is 0 Å². The minimum atomic E-state index is -0.311. The van der Waals surface area contributed by atoms with Crippen LogP contribution >= 0.6 is 11.6 Å². The highest BCUT2D eigenvalue weighted by Crippen LogP contribution is 2.55. The highest BCUT2D eigenvalue weighted by Gasteiger charge is 2.51. The number of carbonyl (C=O) groups excluding carboxylic acids is 1. The Hall–Kier alpha value is -1.03. The van der Waals surface area contributed by atoms with Gasteiger partial charge in [0.2, 0.25) is 5.91 Å². The van der Waals surface area contributed by atoms with Gasteiger partial charge in [-0.2, -0.15) is 5.10 Å². The lowest BCUT2D eigenvalue weighted by Gasteiger charge is -2.57. The number of hydrogen-bond acceptors (Lipinski definition) is 2. The van der Waals surface area contributed by atoms with Crippen LogP contribution in [0.1, 0.15) is 62.9 Å². The average Bonchev–Trinajstić information content (AvgIpc) is 2.72. The van der Waals surface area contributed by atoms with Crippen LogP contribution in [0.5, 0.6) is 0 Å². The number of nitrogens with zero attached hydrogens (tertiary/aromatic N) is 2. The van der Waals surface area contributed by atoms with Gasteiger partial charge in [0, 0.05) is 5.54 Å². The molecule has 1 amide bonds. The minimum Gasteiger partial charge on any atom is -0.349 e. The van der Waals surface area contributed by atoms with Gasteiger partial charge in [-0.15, -0.1) is 0 Å². The van der Waals surface area contributed by atoms with Crippen LogP contribution in [0.3, 0.4) is 0 Å². The highest BCUT2D eigenvalue weighted by atomic mass is 35.5. The number of aromatic nitrogens is 2. The number of rotatable bonds is 3. The van der Waals surface area contributed by atoms with Gasteiger partial charge in [-0.25, -0.2) is 0 Å². The van der Waals surface area contributed by atoms with Crippen LogP contribution in [-0.2, 0) is 4.79 Å². The lowest BCUT2D eigenvalue weighted by atomic mass is 9.53. The van der Waals surface area contributed by atoms with Crippen molar-refractivity contribution in [1.82, 2.24) is 15.1 Å². The van der Waals surface area contributed by atoms with Gasteiger partial charge in [-0.3, -0.25) is 9.48 Å². The first-order valence-corrected chi connectivity index (χ1v) is 9.28. The number of hydrogen-bond donors (Lipinski definition) is 1. The monoisotopic (exact) mass is 335 g/mol. The topological polar surface area (TPSA) is 46.9 Å². The van der Waals surface area contributed by atoms with Crippen LogP contribution in [0.25, 0.3) is 0 Å². The van der Waals surface area contributed by atoms with Crippen molar-refractivity contribution in [2.75, 3.05) is 0 Å². The Balaban J connectivity index is 1.52. The number of nitrogens with one attached hydrogen (secondary N) is 1. The molecule has 0 aromatic carbocycles. The molecule has 4 bridgehead atoms. The summed E-state index contributed by atoms with van der Waals surface area (Å²) in [6.07, 6.45) is 7.69. The van der Waals surface area contributed by atoms with Crippen LogP contribution in [-0.4, -0.2) is 21.2 Å². The first-order valence-electron chi connectivity index (χ1n) is 8.90. The molecule has 0 aliphatic heterocycles. The quantitative estimate of drug-likeness (QED) is 0.913. The van der Waals surface area contributed by atoms with Crippen LogP contribution in [0.15, 0.2) is 0 Å². The first kappa shape index (κ1) is 15.5. The molecule has 1 aromatic heterocycles. The zero-order valence-electron chi connectivity index (χ0n) is 14.2. The Morgan fingerprint density at radius 2 is 1.74 bits per heavy atom. The lowest BCUT2D eigenvalue weighted by molar-refractivity contribution is -0.130. The number of carbonyl (C=O) groups is 1. The third kappa shape index (κ3) is 2.50. The van der Waals surface area contributed by atoms with E-state index in [1.807, 2.05) is 20.8 Å². The summed E-state index contributed by atoms with van der Waals surface area (Å²) < 4.78 is 1.77. The van der Waals surface area contributed by atoms with E-state index in [4.69, 9.17) is 11.6 Å². The molecule has 4 saturated carbocycles. The standard InChI is InChI=1S/C18H26ClN3O/c1-10-16(19)11(2)22(21-10)12(3)17(23)20-18-7-13-4-14(8-18)6-15(5-13)9-18/h12-15H,4-9H2,1-3H3,(H,20,23)/t12-,13?,14?,15?,18?/m1/s1. The van der Waals surface area contributed by atoms with Crippen molar-refractivity contribution in [3.8, 4) is 0 Å². The first-order chi connectivity index (χ1) is 10.9. The molecule has 1 aromatic rings. The van der Waals surface area contributed by atoms with Crippen molar-refractivity contribution in [2.45, 2.75) is 70.9 Å². The van der Waals surface area contributed by atoms with Gasteiger partial charge in [0.15, 0.2) is 0 Å². The Bertz CT molecular complexity index is 616. The zero-order valence-corrected chi connectivity index (χ0v) is 15.0. The van der Waals surface area contributed by atoms with Crippen molar-refractivity contribution in [3.63, 3.8) is 0 Å². The number of halogens is 1. The van der Waals surface area contributed by atoms with Crippen molar-refractivity contribution >= 4 is 17.5 Å². The molecular formula is C18H26ClN3O. The second kappa shape index (κ2) is 5.23. The van der Waals surface area contributed by atoms with Gasteiger partial charge >= 0.3 is 0 Å². The molecule has 1 heterocycles. The van der Waals surface area contributed by atoms with Gasteiger partial charge in [-0.05, 0) is 77.0 Å². The summed E-state index contributed by atoms with van der Waals surface area (Å²) in [5, 5.41) is 8.55. The summed E-state index contributed by atoms with van der Waals surface area (Å²) in [4.78, 5) is 12.9. The molecule has 4 aliphatic rings. The SMILES string of the molecule is Cc1nn([C@H](C)C(=O)NC23CC4CC(CC(C4)C2)C3)c(C)c1Cl. The largest absolute Gasteiger partial charge is 0.349 e. The summed E-state index contributed by atoms with van der Waals surface area (Å²) in [5.41, 5.74) is 1.72. The third-order valence-electron chi connectivity index (χ3n) is 6.41. The Kier molecular flexibility index (Phi) is 3.53. The van der Waals surface area contributed by atoms with Crippen LogP contribution in [0.2, 0.25) is 5.02 Å². The molecule has 4 nitrogen and oxygen atoms in total. The van der Waals surface area contributed by atoms with Gasteiger partial charge < -0.3 is 5.32 Å². The maximum absolute atomic E-state index is 12.9. The maximum Gasteiger partial charge on any atom is 0.245 e. The molecule has 0 saturated heterocycles. The van der Waals surface area contributed by atoms with E-state index in [9.17, 15) is 4.79 Å². The fourth-order valence-corrected chi connectivity index (χ4v) is 5.88. The van der Waals surface area contributed by atoms with Gasteiger partial charge in [0.05, 0.1) is 16.4 Å². The Morgan fingerprint density at radius 3 is 2.17 bits per heavy atom. The van der Waals surface area contributed by atoms with E-state index in [2.05, 4.69) is 10.4 Å². The summed E-state index contributed by atoms with van der Waals surface area (Å²) in [6, 6.07) is -0.311. The molecule has 0 spiro atoms. The molecule has 1 N–H and O–H groups in total. The molecule has 1 atom stereocenters. The van der Waals surface area contributed by atoms with Crippen LogP contribution < -0.4 is 5.32 Å². The van der Waals surface area contributed by atoms with Crippen molar-refractivity contribution < 1.29 is 4.79 Å². The average molecular weight is 336 g/mol. The Labute approximate surface area is 143 Å². The molecule has 0 radical (unpaired) electrons. The lowest BCUT2D eigenvalue weighted by Crippen LogP contribution is -2.60. The predicted octanol–water partition coefficient (Wildman–Crippen LogP) is 3.80. The highest BCUT2D eigenvalue weighted by molar-refractivity contribution is 6.31.